The number of benzene rings is 1. The fourth-order valence-electron chi connectivity index (χ4n) is 1.84. The maximum atomic E-state index is 11.5. The molecule has 1 heterocycles. The first-order valence-electron chi connectivity index (χ1n) is 5.38. The summed E-state index contributed by atoms with van der Waals surface area (Å²) in [6, 6.07) is 6.32. The molecule has 1 aliphatic rings. The molecule has 2 rings (SSSR count). The van der Waals surface area contributed by atoms with Crippen LogP contribution >= 0.6 is 0 Å². The third-order valence-electron chi connectivity index (χ3n) is 2.66. The molecule has 2 N–H and O–H groups in total. The van der Waals surface area contributed by atoms with E-state index in [1.807, 2.05) is 13.0 Å². The predicted molar refractivity (Wildman–Crippen MR) is 62.2 cm³/mol. The number of aryl methyl sites for hydroxylation is 1. The molecule has 1 aliphatic heterocycles. The minimum absolute atomic E-state index is 0.0815. The van der Waals surface area contributed by atoms with Crippen molar-refractivity contribution >= 4 is 17.3 Å². The summed E-state index contributed by atoms with van der Waals surface area (Å²) in [6.45, 7) is 4.15. The second kappa shape index (κ2) is 3.93. The first kappa shape index (κ1) is 10.0. The molecular formula is C12H16N2O. The van der Waals surface area contributed by atoms with Gasteiger partial charge in [0.1, 0.15) is 0 Å². The number of amides is 1. The Morgan fingerprint density at radius 3 is 2.93 bits per heavy atom. The Labute approximate surface area is 89.9 Å². The van der Waals surface area contributed by atoms with Gasteiger partial charge in [0.15, 0.2) is 0 Å². The van der Waals surface area contributed by atoms with Crippen LogP contribution in [-0.4, -0.2) is 11.9 Å². The zero-order valence-corrected chi connectivity index (χ0v) is 9.13. The minimum Gasteiger partial charge on any atom is -0.380 e. The first-order chi connectivity index (χ1) is 7.19. The van der Waals surface area contributed by atoms with Crippen LogP contribution in [0, 0.1) is 0 Å². The zero-order valence-electron chi connectivity index (χ0n) is 9.13. The van der Waals surface area contributed by atoms with E-state index in [1.54, 1.807) is 0 Å². The third kappa shape index (κ3) is 2.12. The lowest BCUT2D eigenvalue weighted by atomic mass is 10.1. The van der Waals surface area contributed by atoms with E-state index in [2.05, 4.69) is 29.7 Å². The van der Waals surface area contributed by atoms with Gasteiger partial charge in [0.05, 0.1) is 11.4 Å². The Morgan fingerprint density at radius 2 is 2.20 bits per heavy atom. The van der Waals surface area contributed by atoms with Gasteiger partial charge in [-0.25, -0.2) is 0 Å². The SMILES string of the molecule is CCc1ccc2c(c1)NC(C)CC(=O)N2. The summed E-state index contributed by atoms with van der Waals surface area (Å²) in [6.07, 6.45) is 1.54. The van der Waals surface area contributed by atoms with Gasteiger partial charge < -0.3 is 10.6 Å². The molecule has 80 valence electrons. The Kier molecular flexibility index (Phi) is 2.62. The molecule has 1 unspecified atom stereocenters. The molecular weight excluding hydrogens is 188 g/mol. The first-order valence-corrected chi connectivity index (χ1v) is 5.38. The highest BCUT2D eigenvalue weighted by atomic mass is 16.1. The summed E-state index contributed by atoms with van der Waals surface area (Å²) in [7, 11) is 0. The van der Waals surface area contributed by atoms with Gasteiger partial charge in [-0.3, -0.25) is 4.79 Å². The minimum atomic E-state index is 0.0815. The summed E-state index contributed by atoms with van der Waals surface area (Å²) in [5.74, 6) is 0.0815. The van der Waals surface area contributed by atoms with E-state index in [1.165, 1.54) is 5.56 Å². The van der Waals surface area contributed by atoms with Crippen molar-refractivity contribution in [3.05, 3.63) is 23.8 Å². The molecule has 15 heavy (non-hydrogen) atoms. The summed E-state index contributed by atoms with van der Waals surface area (Å²) in [5.41, 5.74) is 3.21. The van der Waals surface area contributed by atoms with E-state index in [0.29, 0.717) is 6.42 Å². The average molecular weight is 204 g/mol. The lowest BCUT2D eigenvalue weighted by Gasteiger charge is -2.12. The second-order valence-corrected chi connectivity index (χ2v) is 4.03. The number of rotatable bonds is 1. The highest BCUT2D eigenvalue weighted by molar-refractivity contribution is 5.96. The van der Waals surface area contributed by atoms with E-state index in [4.69, 9.17) is 0 Å². The Hall–Kier alpha value is -1.51. The fourth-order valence-corrected chi connectivity index (χ4v) is 1.84. The molecule has 1 aromatic rings. The Bertz CT molecular complexity index is 387. The highest BCUT2D eigenvalue weighted by Gasteiger charge is 2.16. The molecule has 0 radical (unpaired) electrons. The number of carbonyl (C=O) groups is 1. The van der Waals surface area contributed by atoms with Crippen molar-refractivity contribution in [3.63, 3.8) is 0 Å². The van der Waals surface area contributed by atoms with Crippen LogP contribution in [0.15, 0.2) is 18.2 Å². The van der Waals surface area contributed by atoms with Crippen LogP contribution in [-0.2, 0) is 11.2 Å². The lowest BCUT2D eigenvalue weighted by Crippen LogP contribution is -2.18. The second-order valence-electron chi connectivity index (χ2n) is 4.03. The normalized spacial score (nSPS) is 19.9. The van der Waals surface area contributed by atoms with Crippen molar-refractivity contribution in [3.8, 4) is 0 Å². The predicted octanol–water partition coefficient (Wildman–Crippen LogP) is 2.39. The van der Waals surface area contributed by atoms with Crippen molar-refractivity contribution < 1.29 is 4.79 Å². The van der Waals surface area contributed by atoms with E-state index < -0.39 is 0 Å². The number of fused-ring (bicyclic) bond motifs is 1. The van der Waals surface area contributed by atoms with E-state index in [9.17, 15) is 4.79 Å². The summed E-state index contributed by atoms with van der Waals surface area (Å²) in [4.78, 5) is 11.5. The van der Waals surface area contributed by atoms with Gasteiger partial charge in [-0.05, 0) is 31.0 Å². The van der Waals surface area contributed by atoms with Gasteiger partial charge in [-0.2, -0.15) is 0 Å². The molecule has 3 heteroatoms. The maximum Gasteiger partial charge on any atom is 0.226 e. The van der Waals surface area contributed by atoms with E-state index in [-0.39, 0.29) is 11.9 Å². The number of hydrogen-bond donors (Lipinski definition) is 2. The van der Waals surface area contributed by atoms with Crippen molar-refractivity contribution in [1.29, 1.82) is 0 Å². The van der Waals surface area contributed by atoms with Crippen molar-refractivity contribution in [2.75, 3.05) is 10.6 Å². The molecule has 0 aliphatic carbocycles. The van der Waals surface area contributed by atoms with Crippen LogP contribution in [0.1, 0.15) is 25.8 Å². The van der Waals surface area contributed by atoms with E-state index in [0.717, 1.165) is 17.8 Å². The van der Waals surface area contributed by atoms with Crippen LogP contribution in [0.2, 0.25) is 0 Å². The largest absolute Gasteiger partial charge is 0.380 e. The summed E-state index contributed by atoms with van der Waals surface area (Å²) >= 11 is 0. The molecule has 1 atom stereocenters. The van der Waals surface area contributed by atoms with Gasteiger partial charge in [-0.1, -0.05) is 13.0 Å². The topological polar surface area (TPSA) is 41.1 Å². The quantitative estimate of drug-likeness (QED) is 0.737. The Balaban J connectivity index is 2.37. The summed E-state index contributed by atoms with van der Waals surface area (Å²) in [5, 5.41) is 6.25. The van der Waals surface area contributed by atoms with Gasteiger partial charge >= 0.3 is 0 Å². The van der Waals surface area contributed by atoms with Crippen molar-refractivity contribution in [2.24, 2.45) is 0 Å². The van der Waals surface area contributed by atoms with Crippen LogP contribution in [0.5, 0.6) is 0 Å². The average Bonchev–Trinajstić information content (AvgIpc) is 2.33. The number of carbonyl (C=O) groups excluding carboxylic acids is 1. The van der Waals surface area contributed by atoms with Crippen LogP contribution in [0.25, 0.3) is 0 Å². The van der Waals surface area contributed by atoms with Gasteiger partial charge in [0.2, 0.25) is 5.91 Å². The third-order valence-corrected chi connectivity index (χ3v) is 2.66. The standard InChI is InChI=1S/C12H16N2O/c1-3-9-4-5-10-11(7-9)13-8(2)6-12(15)14-10/h4-5,7-8,13H,3,6H2,1-2H3,(H,14,15). The van der Waals surface area contributed by atoms with Crippen molar-refractivity contribution in [1.82, 2.24) is 0 Å². The molecule has 0 aromatic heterocycles. The number of anilines is 2. The molecule has 1 amide bonds. The van der Waals surface area contributed by atoms with Gasteiger partial charge in [0, 0.05) is 12.5 Å². The number of hydrogen-bond acceptors (Lipinski definition) is 2. The number of nitrogens with one attached hydrogen (secondary N) is 2. The molecule has 1 aromatic carbocycles. The molecule has 3 nitrogen and oxygen atoms in total. The maximum absolute atomic E-state index is 11.5. The van der Waals surface area contributed by atoms with Crippen molar-refractivity contribution in [2.45, 2.75) is 32.7 Å². The van der Waals surface area contributed by atoms with Gasteiger partial charge in [-0.15, -0.1) is 0 Å². The molecule has 0 spiro atoms. The van der Waals surface area contributed by atoms with Gasteiger partial charge in [0.25, 0.3) is 0 Å². The van der Waals surface area contributed by atoms with E-state index >= 15 is 0 Å². The van der Waals surface area contributed by atoms with Crippen LogP contribution in [0.4, 0.5) is 11.4 Å². The molecule has 0 fully saturated rings. The molecule has 0 saturated carbocycles. The monoisotopic (exact) mass is 204 g/mol. The fraction of sp³-hybridized carbons (Fsp3) is 0.417. The lowest BCUT2D eigenvalue weighted by molar-refractivity contribution is -0.116. The zero-order chi connectivity index (χ0) is 10.8. The molecule has 0 saturated heterocycles. The summed E-state index contributed by atoms with van der Waals surface area (Å²) < 4.78 is 0. The highest BCUT2D eigenvalue weighted by Crippen LogP contribution is 2.27. The van der Waals surface area contributed by atoms with Crippen LogP contribution in [0.3, 0.4) is 0 Å². The smallest absolute Gasteiger partial charge is 0.226 e. The molecule has 0 bridgehead atoms. The van der Waals surface area contributed by atoms with Crippen LogP contribution < -0.4 is 10.6 Å². The Morgan fingerprint density at radius 1 is 1.40 bits per heavy atom.